The van der Waals surface area contributed by atoms with E-state index < -0.39 is 106 Å². The first-order valence-electron chi connectivity index (χ1n) is 37.6. The number of ether oxygens (including phenoxy) is 9. The Bertz CT molecular complexity index is 3870. The first-order chi connectivity index (χ1) is 54.6. The number of aliphatic hydroxyl groups excluding tert-OH is 1. The molecule has 4 fully saturated rings. The van der Waals surface area contributed by atoms with Gasteiger partial charge in [0.05, 0.1) is 92.4 Å². The minimum absolute atomic E-state index is 0. The molecule has 0 radical (unpaired) electrons. The maximum atomic E-state index is 13.4. The van der Waals surface area contributed by atoms with E-state index in [4.69, 9.17) is 64.8 Å². The van der Waals surface area contributed by atoms with E-state index in [2.05, 4.69) is 93.7 Å². The first-order valence-corrected chi connectivity index (χ1v) is 41.1. The Morgan fingerprint density at radius 3 is 1.13 bits per heavy atom. The monoisotopic (exact) mass is 1960 g/mol. The molecule has 8 heterocycles. The third kappa shape index (κ3) is 41.2. The number of carboxylic acids is 3. The molecular formula is C81H120Br4ClLiN8O25. The number of pyridine rings is 4. The van der Waals surface area contributed by atoms with Crippen LogP contribution in [0.15, 0.2) is 91.7 Å². The van der Waals surface area contributed by atoms with Gasteiger partial charge in [0, 0.05) is 104 Å². The summed E-state index contributed by atoms with van der Waals surface area (Å²) >= 11 is 18.6. The van der Waals surface area contributed by atoms with Crippen molar-refractivity contribution in [1.29, 1.82) is 0 Å². The number of likely N-dealkylation sites (tertiary alicyclic amines) is 3. The molecule has 0 spiro atoms. The van der Waals surface area contributed by atoms with Crippen molar-refractivity contribution in [3.8, 4) is 17.2 Å². The average molecular weight is 1970 g/mol. The number of aliphatic carboxylic acids is 3. The molecule has 4 aliphatic heterocycles. The summed E-state index contributed by atoms with van der Waals surface area (Å²) in [6.45, 7) is 28.4. The molecule has 0 saturated carbocycles. The minimum Gasteiger partial charge on any atom is -0.870 e. The molecular weight excluding hydrogens is 1850 g/mol. The van der Waals surface area contributed by atoms with Crippen molar-refractivity contribution < 1.29 is 140 Å². The molecule has 4 aliphatic rings. The summed E-state index contributed by atoms with van der Waals surface area (Å²) in [4.78, 5) is 150. The summed E-state index contributed by atoms with van der Waals surface area (Å²) in [6.07, 6.45) is 7.45. The quantitative estimate of drug-likeness (QED) is 0.0199. The number of hydrogen-bond acceptors (Lipinski definition) is 27. The van der Waals surface area contributed by atoms with Gasteiger partial charge in [0.15, 0.2) is 0 Å². The van der Waals surface area contributed by atoms with Crippen LogP contribution in [-0.2, 0) is 76.4 Å². The van der Waals surface area contributed by atoms with Gasteiger partial charge in [0.25, 0.3) is 0 Å². The predicted molar refractivity (Wildman–Crippen MR) is 454 cm³/mol. The zero-order valence-electron chi connectivity index (χ0n) is 71.3. The average Bonchev–Trinajstić information content (AvgIpc) is 1.64. The Labute approximate surface area is 754 Å². The van der Waals surface area contributed by atoms with Crippen LogP contribution in [0, 0.1) is 57.7 Å². The van der Waals surface area contributed by atoms with E-state index in [9.17, 15) is 57.8 Å². The van der Waals surface area contributed by atoms with Crippen molar-refractivity contribution >= 4 is 141 Å². The van der Waals surface area contributed by atoms with E-state index in [1.54, 1.807) is 103 Å². The van der Waals surface area contributed by atoms with E-state index in [1.165, 1.54) is 50.2 Å². The molecule has 4 aromatic rings. The molecule has 8 rings (SSSR count). The van der Waals surface area contributed by atoms with Crippen LogP contribution in [0.1, 0.15) is 149 Å². The Hall–Kier alpha value is -7.34. The van der Waals surface area contributed by atoms with Gasteiger partial charge in [-0.25, -0.2) is 39.1 Å². The molecule has 0 bridgehead atoms. The summed E-state index contributed by atoms with van der Waals surface area (Å²) in [5.74, 6) is -5.79. The number of halogens is 5. The van der Waals surface area contributed by atoms with Crippen molar-refractivity contribution in [1.82, 2.24) is 40.0 Å². The van der Waals surface area contributed by atoms with E-state index in [1.807, 2.05) is 67.5 Å². The van der Waals surface area contributed by atoms with Gasteiger partial charge in [0.1, 0.15) is 65.4 Å². The SMILES string of the molecule is C.CC.CC(C)(C)OC(=O)N1C[C@H](CO)C[C@H]1C(=O)O.COC(=O)C[C@H](C(=O)N1C[C@H](COc2ccnc(Br)c2)C[C@H]1C(=O)O)C(C)(C)C.COC(=O)C[C@H](C(=O)N1C[C@H](COc2ccnc(Br)c2)C[C@H]1C(=O)OC)C(C)(C)C.COC(=O)C[C@H](C(=O)O)C(C)(C)C.COC(=O)[C@@H]1C[C@@H](COc2ccnc(Br)c2)CN1.Clc1ccnc(Br)c1.[Li+].[OH-]. The van der Waals surface area contributed by atoms with E-state index in [0.717, 1.165) is 27.9 Å². The van der Waals surface area contributed by atoms with Gasteiger partial charge < -0.3 is 83.7 Å². The molecule has 120 heavy (non-hydrogen) atoms. The van der Waals surface area contributed by atoms with Gasteiger partial charge in [-0.2, -0.15) is 0 Å². The first kappa shape index (κ1) is 115. The molecule has 0 aliphatic carbocycles. The van der Waals surface area contributed by atoms with Crippen LogP contribution in [0.2, 0.25) is 5.02 Å². The largest absolute Gasteiger partial charge is 1.00 e. The molecule has 33 nitrogen and oxygen atoms in total. The van der Waals surface area contributed by atoms with Crippen LogP contribution >= 0.6 is 75.3 Å². The summed E-state index contributed by atoms with van der Waals surface area (Å²) in [5.41, 5.74) is -2.09. The van der Waals surface area contributed by atoms with Crippen LogP contribution in [0.4, 0.5) is 4.79 Å². The van der Waals surface area contributed by atoms with Gasteiger partial charge >= 0.3 is 72.7 Å². The molecule has 670 valence electrons. The van der Waals surface area contributed by atoms with Crippen molar-refractivity contribution in [2.75, 3.05) is 88.2 Å². The summed E-state index contributed by atoms with van der Waals surface area (Å²) in [7, 11) is 6.53. The third-order valence-electron chi connectivity index (χ3n) is 18.4. The Kier molecular flexibility index (Phi) is 53.3. The Balaban J connectivity index is 0. The molecule has 3 amide bonds. The van der Waals surface area contributed by atoms with E-state index in [-0.39, 0.29) is 125 Å². The fraction of sp³-hybridized carbons (Fsp3) is 0.617. The topological polar surface area (TPSA) is 455 Å². The van der Waals surface area contributed by atoms with Crippen LogP contribution in [0.25, 0.3) is 0 Å². The number of nitrogens with one attached hydrogen (secondary N) is 1. The Morgan fingerprint density at radius 1 is 0.483 bits per heavy atom. The number of methoxy groups -OCH3 is 5. The van der Waals surface area contributed by atoms with Gasteiger partial charge in [0.2, 0.25) is 11.8 Å². The number of hydrogen-bond donors (Lipinski definition) is 5. The van der Waals surface area contributed by atoms with E-state index >= 15 is 0 Å². The fourth-order valence-electron chi connectivity index (χ4n) is 12.1. The summed E-state index contributed by atoms with van der Waals surface area (Å²) in [6, 6.07) is 11.3. The van der Waals surface area contributed by atoms with Crippen LogP contribution in [-0.4, -0.2) is 244 Å². The summed E-state index contributed by atoms with van der Waals surface area (Å²) < 4.78 is 48.8. The number of carbonyl (C=O) groups excluding carboxylic acids is 8. The van der Waals surface area contributed by atoms with Crippen LogP contribution in [0.5, 0.6) is 17.2 Å². The maximum Gasteiger partial charge on any atom is 1.00 e. The van der Waals surface area contributed by atoms with Gasteiger partial charge in [-0.05, 0) is 157 Å². The smallest absolute Gasteiger partial charge is 0.870 e. The number of carboxylic acid groups (broad SMARTS) is 3. The number of carbonyl (C=O) groups is 11. The van der Waals surface area contributed by atoms with Crippen molar-refractivity contribution in [2.24, 2.45) is 57.7 Å². The van der Waals surface area contributed by atoms with Crippen molar-refractivity contribution in [3.63, 3.8) is 0 Å². The number of aromatic nitrogens is 4. The van der Waals surface area contributed by atoms with Crippen molar-refractivity contribution in [2.45, 2.75) is 179 Å². The third-order valence-corrected chi connectivity index (χ3v) is 20.4. The molecule has 6 N–H and O–H groups in total. The maximum absolute atomic E-state index is 13.4. The van der Waals surface area contributed by atoms with Crippen molar-refractivity contribution in [3.05, 3.63) is 96.8 Å². The Morgan fingerprint density at radius 2 is 0.817 bits per heavy atom. The molecule has 39 heteroatoms. The molecule has 4 aromatic heterocycles. The van der Waals surface area contributed by atoms with Gasteiger partial charge in [-0.3, -0.25) is 38.5 Å². The number of aliphatic hydroxyl groups is 1. The molecule has 0 aromatic carbocycles. The summed E-state index contributed by atoms with van der Waals surface area (Å²) in [5, 5.41) is 40.4. The number of rotatable bonds is 23. The normalized spacial score (nSPS) is 18.9. The molecule has 0 unspecified atom stereocenters. The second-order valence-electron chi connectivity index (χ2n) is 31.5. The number of amides is 3. The van der Waals surface area contributed by atoms with Crippen LogP contribution < -0.4 is 38.4 Å². The second kappa shape index (κ2) is 55.7. The van der Waals surface area contributed by atoms with Crippen LogP contribution in [0.3, 0.4) is 0 Å². The fourth-order valence-corrected chi connectivity index (χ4v) is 13.8. The standard InChI is InChI=1S/C21H29BrN2O6.C20H27BrN2O6.C12H15BrN2O3.C11H19NO5.C9H16O4.C5H3BrClN.C2H6.CH4.Li.H2O/c1-21(2,3)15(10-18(25)28-4)19(26)24-11-13(8-16(24)20(27)29-5)12-30-14-6-7-23-17(22)9-14;1-20(2,3)14(9-17(24)28-4)18(25)23-10-12(7-15(23)19(26)27)11-29-13-5-6-22-16(21)8-13;1-17-12(16)10-4-8(6-15-10)7-18-9-2-3-14-11(13)5-9;1-11(2,3)17-10(16)12-5-7(6-13)4-8(12)9(14)15;1-9(2,3)6(8(11)12)5-7(10)13-4;6-5-3-4(7)1-2-8-5;1-2;;;/h6-7,9,13,15-16H,8,10-12H2,1-5H3;5-6,8,12,14-15H,7,9-11H2,1-4H3,(H,26,27);2-3,5,8,10,15H,4,6-7H2,1H3;7-8,13H,4-6H2,1-3H3,(H,14,15);6H,5H2,1-4H3,(H,11,12);1-3H;1-2H3;1H4;;1H2/q;;;;;;;;+1;/p-1/t13-,15-,16+;12-,14-,15+;8-,10+;7-,8+;6-;;;;;/m11111...../s1. The van der Waals surface area contributed by atoms with E-state index in [0.29, 0.717) is 64.2 Å². The second-order valence-corrected chi connectivity index (χ2v) is 35.2. The molecule has 4 saturated heterocycles. The predicted octanol–water partition coefficient (Wildman–Crippen LogP) is 9.93. The number of nitrogens with zero attached hydrogens (tertiary/aromatic N) is 7. The molecule has 11 atom stereocenters. The number of esters is 5. The van der Waals surface area contributed by atoms with Gasteiger partial charge in [-0.15, -0.1) is 0 Å². The zero-order chi connectivity index (χ0) is 89.0. The zero-order valence-corrected chi connectivity index (χ0v) is 78.4. The minimum atomic E-state index is -1.06. The van der Waals surface area contributed by atoms with Gasteiger partial charge in [-0.1, -0.05) is 95.2 Å².